The summed E-state index contributed by atoms with van der Waals surface area (Å²) < 4.78 is 5.70. The first kappa shape index (κ1) is 16.8. The van der Waals surface area contributed by atoms with Crippen LogP contribution in [-0.2, 0) is 0 Å². The van der Waals surface area contributed by atoms with Crippen LogP contribution < -0.4 is 4.74 Å². The molecular formula is C20H22N2O. The van der Waals surface area contributed by atoms with Gasteiger partial charge >= 0.3 is 0 Å². The summed E-state index contributed by atoms with van der Waals surface area (Å²) in [6.45, 7) is 2.89. The van der Waals surface area contributed by atoms with Gasteiger partial charge in [0.1, 0.15) is 5.75 Å². The Labute approximate surface area is 138 Å². The Bertz CT molecular complexity index is 652. The number of hydrogen-bond donors (Lipinski definition) is 0. The third-order valence-corrected chi connectivity index (χ3v) is 3.45. The van der Waals surface area contributed by atoms with Gasteiger partial charge in [0.2, 0.25) is 0 Å². The number of nitrogens with zero attached hydrogens (tertiary/aromatic N) is 2. The number of hydrogen-bond acceptors (Lipinski definition) is 3. The maximum absolute atomic E-state index is 8.81. The van der Waals surface area contributed by atoms with Gasteiger partial charge in [-0.25, -0.2) is 0 Å². The molecule has 1 heterocycles. The second-order valence-corrected chi connectivity index (χ2v) is 5.32. The zero-order chi connectivity index (χ0) is 16.3. The zero-order valence-electron chi connectivity index (χ0n) is 13.5. The first-order valence-corrected chi connectivity index (χ1v) is 8.08. The lowest BCUT2D eigenvalue weighted by molar-refractivity contribution is 0.311. The van der Waals surface area contributed by atoms with Crippen molar-refractivity contribution in [2.45, 2.75) is 32.6 Å². The first-order chi connectivity index (χ1) is 11.3. The largest absolute Gasteiger partial charge is 0.492 e. The highest BCUT2D eigenvalue weighted by molar-refractivity contribution is 5.60. The lowest BCUT2D eigenvalue weighted by atomic mass is 10.1. The van der Waals surface area contributed by atoms with E-state index >= 15 is 0 Å². The minimum atomic E-state index is 0.654. The van der Waals surface area contributed by atoms with Crippen LogP contribution in [0.1, 0.15) is 38.2 Å². The van der Waals surface area contributed by atoms with Crippen LogP contribution in [0.5, 0.6) is 5.75 Å². The Hall–Kier alpha value is -2.60. The minimum Gasteiger partial charge on any atom is -0.492 e. The van der Waals surface area contributed by atoms with Crippen LogP contribution in [0.2, 0.25) is 0 Å². The van der Waals surface area contributed by atoms with E-state index in [0.717, 1.165) is 36.3 Å². The second-order valence-electron chi connectivity index (χ2n) is 5.32. The Morgan fingerprint density at radius 1 is 1.09 bits per heavy atom. The van der Waals surface area contributed by atoms with Gasteiger partial charge < -0.3 is 4.74 Å². The van der Waals surface area contributed by atoms with E-state index in [1.807, 2.05) is 24.3 Å². The normalized spacial score (nSPS) is 10.6. The van der Waals surface area contributed by atoms with Crippen LogP contribution in [0.4, 0.5) is 0 Å². The SMILES string of the molecule is CCCC=CCCCOc1ccc(-c2ccc(C#N)cc2)nc1. The van der Waals surface area contributed by atoms with Gasteiger partial charge in [-0.1, -0.05) is 37.6 Å². The molecule has 0 radical (unpaired) electrons. The monoisotopic (exact) mass is 306 g/mol. The third-order valence-electron chi connectivity index (χ3n) is 3.45. The first-order valence-electron chi connectivity index (χ1n) is 8.08. The van der Waals surface area contributed by atoms with E-state index in [0.29, 0.717) is 12.2 Å². The molecule has 3 heteroatoms. The molecule has 0 unspecified atom stereocenters. The number of benzene rings is 1. The summed E-state index contributed by atoms with van der Waals surface area (Å²) in [6, 6.07) is 13.4. The Morgan fingerprint density at radius 2 is 1.87 bits per heavy atom. The maximum atomic E-state index is 8.81. The zero-order valence-corrected chi connectivity index (χ0v) is 13.5. The molecule has 0 spiro atoms. The molecule has 0 aliphatic rings. The number of allylic oxidation sites excluding steroid dienone is 2. The van der Waals surface area contributed by atoms with Crippen molar-refractivity contribution in [2.75, 3.05) is 6.61 Å². The van der Waals surface area contributed by atoms with Crippen molar-refractivity contribution < 1.29 is 4.74 Å². The van der Waals surface area contributed by atoms with E-state index in [4.69, 9.17) is 10.00 Å². The van der Waals surface area contributed by atoms with Crippen LogP contribution in [0.25, 0.3) is 11.3 Å². The highest BCUT2D eigenvalue weighted by atomic mass is 16.5. The molecule has 0 saturated heterocycles. The summed E-state index contributed by atoms with van der Waals surface area (Å²) in [5, 5.41) is 8.81. The number of pyridine rings is 1. The maximum Gasteiger partial charge on any atom is 0.137 e. The van der Waals surface area contributed by atoms with Crippen molar-refractivity contribution in [3.05, 3.63) is 60.3 Å². The average Bonchev–Trinajstić information content (AvgIpc) is 2.61. The predicted molar refractivity (Wildman–Crippen MR) is 93.2 cm³/mol. The number of unbranched alkanes of at least 4 members (excludes halogenated alkanes) is 2. The summed E-state index contributed by atoms with van der Waals surface area (Å²) in [5.41, 5.74) is 2.53. The molecule has 0 aliphatic heterocycles. The van der Waals surface area contributed by atoms with E-state index in [9.17, 15) is 0 Å². The molecule has 23 heavy (non-hydrogen) atoms. The quantitative estimate of drug-likeness (QED) is 0.501. The number of ether oxygens (including phenoxy) is 1. The van der Waals surface area contributed by atoms with Gasteiger partial charge in [-0.15, -0.1) is 0 Å². The molecule has 0 fully saturated rings. The minimum absolute atomic E-state index is 0.654. The molecule has 0 saturated carbocycles. The summed E-state index contributed by atoms with van der Waals surface area (Å²) in [4.78, 5) is 4.42. The van der Waals surface area contributed by atoms with Crippen molar-refractivity contribution in [1.29, 1.82) is 5.26 Å². The van der Waals surface area contributed by atoms with Gasteiger partial charge in [-0.2, -0.15) is 5.26 Å². The fourth-order valence-corrected chi connectivity index (χ4v) is 2.15. The lowest BCUT2D eigenvalue weighted by Crippen LogP contribution is -1.97. The summed E-state index contributed by atoms with van der Waals surface area (Å²) in [6.07, 6.45) is 10.6. The molecule has 1 aromatic heterocycles. The molecular weight excluding hydrogens is 284 g/mol. The van der Waals surface area contributed by atoms with Crippen LogP contribution in [0.15, 0.2) is 54.7 Å². The molecule has 0 aliphatic carbocycles. The molecule has 2 aromatic rings. The molecule has 118 valence electrons. The lowest BCUT2D eigenvalue weighted by Gasteiger charge is -2.06. The van der Waals surface area contributed by atoms with Crippen molar-refractivity contribution in [3.63, 3.8) is 0 Å². The van der Waals surface area contributed by atoms with Crippen LogP contribution in [0.3, 0.4) is 0 Å². The number of aromatic nitrogens is 1. The van der Waals surface area contributed by atoms with Gasteiger partial charge in [-0.05, 0) is 43.5 Å². The Kier molecular flexibility index (Phi) is 6.87. The van der Waals surface area contributed by atoms with Crippen molar-refractivity contribution >= 4 is 0 Å². The van der Waals surface area contributed by atoms with Crippen LogP contribution in [0, 0.1) is 11.3 Å². The van der Waals surface area contributed by atoms with Crippen molar-refractivity contribution in [1.82, 2.24) is 4.98 Å². The van der Waals surface area contributed by atoms with E-state index < -0.39 is 0 Å². The summed E-state index contributed by atoms with van der Waals surface area (Å²) >= 11 is 0. The number of nitriles is 1. The summed E-state index contributed by atoms with van der Waals surface area (Å²) in [7, 11) is 0. The van der Waals surface area contributed by atoms with Gasteiger partial charge in [0.25, 0.3) is 0 Å². The molecule has 1 aromatic carbocycles. The Balaban J connectivity index is 1.81. The van der Waals surface area contributed by atoms with Crippen molar-refractivity contribution in [2.24, 2.45) is 0 Å². The van der Waals surface area contributed by atoms with E-state index in [2.05, 4.69) is 30.1 Å². The molecule has 0 bridgehead atoms. The third kappa shape index (κ3) is 5.60. The van der Waals surface area contributed by atoms with Gasteiger partial charge in [0, 0.05) is 5.56 Å². The van der Waals surface area contributed by atoms with Gasteiger partial charge in [0.15, 0.2) is 0 Å². The van der Waals surface area contributed by atoms with E-state index in [-0.39, 0.29) is 0 Å². The Morgan fingerprint density at radius 3 is 2.52 bits per heavy atom. The predicted octanol–water partition coefficient (Wildman–Crippen LogP) is 5.14. The van der Waals surface area contributed by atoms with E-state index in [1.54, 1.807) is 18.3 Å². The van der Waals surface area contributed by atoms with Gasteiger partial charge in [-0.3, -0.25) is 4.98 Å². The molecule has 0 N–H and O–H groups in total. The smallest absolute Gasteiger partial charge is 0.137 e. The highest BCUT2D eigenvalue weighted by Gasteiger charge is 2.01. The highest BCUT2D eigenvalue weighted by Crippen LogP contribution is 2.20. The van der Waals surface area contributed by atoms with Gasteiger partial charge in [0.05, 0.1) is 30.1 Å². The average molecular weight is 306 g/mol. The van der Waals surface area contributed by atoms with Crippen LogP contribution in [-0.4, -0.2) is 11.6 Å². The fraction of sp³-hybridized carbons (Fsp3) is 0.300. The van der Waals surface area contributed by atoms with E-state index in [1.165, 1.54) is 6.42 Å². The molecule has 2 rings (SSSR count). The standard InChI is InChI=1S/C20H22N2O/c1-2-3-4-5-6-7-14-23-19-12-13-20(22-16-19)18-10-8-17(15-21)9-11-18/h4-5,8-13,16H,2-3,6-7,14H2,1H3. The summed E-state index contributed by atoms with van der Waals surface area (Å²) in [5.74, 6) is 0.792. The van der Waals surface area contributed by atoms with Crippen molar-refractivity contribution in [3.8, 4) is 23.1 Å². The topological polar surface area (TPSA) is 45.9 Å². The van der Waals surface area contributed by atoms with Crippen LogP contribution >= 0.6 is 0 Å². The number of rotatable bonds is 8. The molecule has 0 amide bonds. The molecule has 3 nitrogen and oxygen atoms in total. The fourth-order valence-electron chi connectivity index (χ4n) is 2.15. The molecule has 0 atom stereocenters. The second kappa shape index (κ2) is 9.42.